The first-order chi connectivity index (χ1) is 9.44. The Hall–Kier alpha value is -1.23. The zero-order valence-corrected chi connectivity index (χ0v) is 10.9. The van der Waals surface area contributed by atoms with Crippen LogP contribution in [0.15, 0.2) is 24.3 Å². The molecule has 0 spiro atoms. The van der Waals surface area contributed by atoms with E-state index >= 15 is 0 Å². The van der Waals surface area contributed by atoms with Crippen LogP contribution < -0.4 is 4.74 Å². The number of hydrogen-bond donors (Lipinski definition) is 1. The Labute approximate surface area is 115 Å². The summed E-state index contributed by atoms with van der Waals surface area (Å²) >= 11 is 0. The Morgan fingerprint density at radius 3 is 2.50 bits per heavy atom. The van der Waals surface area contributed by atoms with E-state index in [9.17, 15) is 18.3 Å². The molecular weight excluding hydrogens is 269 g/mol. The van der Waals surface area contributed by atoms with Gasteiger partial charge in [0.15, 0.2) is 0 Å². The first kappa shape index (κ1) is 13.7. The van der Waals surface area contributed by atoms with Gasteiger partial charge < -0.3 is 9.84 Å². The van der Waals surface area contributed by atoms with Crippen molar-refractivity contribution in [3.8, 4) is 5.75 Å². The van der Waals surface area contributed by atoms with Crippen molar-refractivity contribution < 1.29 is 23.0 Å². The second-order valence-electron chi connectivity index (χ2n) is 5.87. The van der Waals surface area contributed by atoms with Crippen molar-refractivity contribution in [2.75, 3.05) is 0 Å². The van der Waals surface area contributed by atoms with Crippen molar-refractivity contribution in [1.82, 2.24) is 0 Å². The predicted molar refractivity (Wildman–Crippen MR) is 67.0 cm³/mol. The SMILES string of the molecule is OC(c1ccccc1OC(F)(F)F)C1CC2CCC1C2. The van der Waals surface area contributed by atoms with Crippen LogP contribution in [0.4, 0.5) is 13.2 Å². The minimum absolute atomic E-state index is 0.0618. The maximum Gasteiger partial charge on any atom is 0.573 e. The summed E-state index contributed by atoms with van der Waals surface area (Å²) in [6.07, 6.45) is -1.33. The van der Waals surface area contributed by atoms with E-state index in [-0.39, 0.29) is 17.2 Å². The maximum atomic E-state index is 12.4. The molecule has 2 aliphatic rings. The Balaban J connectivity index is 1.82. The van der Waals surface area contributed by atoms with Gasteiger partial charge in [-0.1, -0.05) is 24.6 Å². The molecular formula is C15H17F3O2. The maximum absolute atomic E-state index is 12.4. The molecule has 0 aliphatic heterocycles. The summed E-state index contributed by atoms with van der Waals surface area (Å²) in [7, 11) is 0. The summed E-state index contributed by atoms with van der Waals surface area (Å²) < 4.78 is 41.3. The van der Waals surface area contributed by atoms with E-state index in [0.717, 1.165) is 19.3 Å². The van der Waals surface area contributed by atoms with E-state index in [4.69, 9.17) is 0 Å². The van der Waals surface area contributed by atoms with Crippen molar-refractivity contribution in [3.05, 3.63) is 29.8 Å². The average Bonchev–Trinajstić information content (AvgIpc) is 2.99. The van der Waals surface area contributed by atoms with Gasteiger partial charge in [0, 0.05) is 5.56 Å². The van der Waals surface area contributed by atoms with Gasteiger partial charge in [-0.3, -0.25) is 0 Å². The van der Waals surface area contributed by atoms with E-state index < -0.39 is 12.5 Å². The third-order valence-electron chi connectivity index (χ3n) is 4.66. The lowest BCUT2D eigenvalue weighted by Gasteiger charge is -2.28. The summed E-state index contributed by atoms with van der Waals surface area (Å²) in [6.45, 7) is 0. The zero-order chi connectivity index (χ0) is 14.3. The van der Waals surface area contributed by atoms with Gasteiger partial charge in [-0.05, 0) is 43.1 Å². The Morgan fingerprint density at radius 2 is 1.90 bits per heavy atom. The number of aliphatic hydroxyl groups excluding tert-OH is 1. The molecule has 2 aliphatic carbocycles. The van der Waals surface area contributed by atoms with Gasteiger partial charge in [-0.2, -0.15) is 0 Å². The predicted octanol–water partition coefficient (Wildman–Crippen LogP) is 4.05. The first-order valence-corrected chi connectivity index (χ1v) is 6.97. The summed E-state index contributed by atoms with van der Waals surface area (Å²) in [6, 6.07) is 5.91. The third-order valence-corrected chi connectivity index (χ3v) is 4.66. The molecule has 2 nitrogen and oxygen atoms in total. The molecule has 5 heteroatoms. The number of para-hydroxylation sites is 1. The lowest BCUT2D eigenvalue weighted by molar-refractivity contribution is -0.275. The van der Waals surface area contributed by atoms with Crippen LogP contribution in [0.3, 0.4) is 0 Å². The second kappa shape index (κ2) is 4.95. The lowest BCUT2D eigenvalue weighted by Crippen LogP contribution is -2.22. The van der Waals surface area contributed by atoms with Crippen molar-refractivity contribution in [1.29, 1.82) is 0 Å². The van der Waals surface area contributed by atoms with Gasteiger partial charge in [-0.25, -0.2) is 0 Å². The molecule has 2 fully saturated rings. The highest BCUT2D eigenvalue weighted by Gasteiger charge is 2.44. The number of rotatable bonds is 3. The molecule has 2 saturated carbocycles. The molecule has 0 aromatic heterocycles. The number of benzene rings is 1. The fraction of sp³-hybridized carbons (Fsp3) is 0.600. The Bertz CT molecular complexity index is 486. The van der Waals surface area contributed by atoms with Gasteiger partial charge >= 0.3 is 6.36 Å². The highest BCUT2D eigenvalue weighted by atomic mass is 19.4. The highest BCUT2D eigenvalue weighted by Crippen LogP contribution is 2.53. The molecule has 0 radical (unpaired) electrons. The summed E-state index contributed by atoms with van der Waals surface area (Å²) in [5, 5.41) is 10.5. The van der Waals surface area contributed by atoms with E-state index in [0.29, 0.717) is 11.8 Å². The van der Waals surface area contributed by atoms with Gasteiger partial charge in [0.2, 0.25) is 0 Å². The molecule has 1 aromatic rings. The van der Waals surface area contributed by atoms with Crippen LogP contribution in [-0.4, -0.2) is 11.5 Å². The number of aliphatic hydroxyl groups is 1. The van der Waals surface area contributed by atoms with Gasteiger partial charge in [0.25, 0.3) is 0 Å². The molecule has 2 bridgehead atoms. The van der Waals surface area contributed by atoms with Crippen molar-refractivity contribution in [2.24, 2.45) is 17.8 Å². The minimum Gasteiger partial charge on any atom is -0.405 e. The molecule has 3 rings (SSSR count). The number of alkyl halides is 3. The van der Waals surface area contributed by atoms with Crippen molar-refractivity contribution >= 4 is 0 Å². The van der Waals surface area contributed by atoms with Crippen LogP contribution in [0, 0.1) is 17.8 Å². The van der Waals surface area contributed by atoms with Gasteiger partial charge in [0.1, 0.15) is 5.75 Å². The van der Waals surface area contributed by atoms with E-state index in [1.165, 1.54) is 24.6 Å². The molecule has 1 aromatic carbocycles. The average molecular weight is 286 g/mol. The summed E-state index contributed by atoms with van der Waals surface area (Å²) in [4.78, 5) is 0. The first-order valence-electron chi connectivity index (χ1n) is 6.97. The normalized spacial score (nSPS) is 30.5. The standard InChI is InChI=1S/C15H17F3O2/c16-15(17,18)20-13-4-2-1-3-11(13)14(19)12-8-9-5-6-10(12)7-9/h1-4,9-10,12,14,19H,5-8H2. The number of halogens is 3. The third kappa shape index (κ3) is 2.64. The van der Waals surface area contributed by atoms with E-state index in [1.54, 1.807) is 6.07 Å². The molecule has 1 N–H and O–H groups in total. The highest BCUT2D eigenvalue weighted by molar-refractivity contribution is 5.36. The lowest BCUT2D eigenvalue weighted by atomic mass is 9.82. The molecule has 0 saturated heterocycles. The smallest absolute Gasteiger partial charge is 0.405 e. The van der Waals surface area contributed by atoms with E-state index in [2.05, 4.69) is 4.74 Å². The largest absolute Gasteiger partial charge is 0.573 e. The summed E-state index contributed by atoms with van der Waals surface area (Å²) in [5.74, 6) is 0.853. The molecule has 0 amide bonds. The monoisotopic (exact) mass is 286 g/mol. The van der Waals surface area contributed by atoms with Crippen LogP contribution in [0.2, 0.25) is 0 Å². The van der Waals surface area contributed by atoms with E-state index in [1.807, 2.05) is 0 Å². The minimum atomic E-state index is -4.73. The number of fused-ring (bicyclic) bond motifs is 2. The molecule has 4 atom stereocenters. The quantitative estimate of drug-likeness (QED) is 0.908. The van der Waals surface area contributed by atoms with Gasteiger partial charge in [-0.15, -0.1) is 13.2 Å². The van der Waals surface area contributed by atoms with Crippen molar-refractivity contribution in [3.63, 3.8) is 0 Å². The molecule has 0 heterocycles. The number of hydrogen-bond acceptors (Lipinski definition) is 2. The molecule has 110 valence electrons. The number of ether oxygens (including phenoxy) is 1. The fourth-order valence-electron chi connectivity index (χ4n) is 3.85. The molecule has 20 heavy (non-hydrogen) atoms. The Kier molecular flexibility index (Phi) is 3.40. The van der Waals surface area contributed by atoms with Crippen LogP contribution >= 0.6 is 0 Å². The second-order valence-corrected chi connectivity index (χ2v) is 5.87. The van der Waals surface area contributed by atoms with Crippen LogP contribution in [-0.2, 0) is 0 Å². The van der Waals surface area contributed by atoms with Crippen LogP contribution in [0.25, 0.3) is 0 Å². The summed E-state index contributed by atoms with van der Waals surface area (Å²) in [5.41, 5.74) is 0.252. The zero-order valence-electron chi connectivity index (χ0n) is 10.9. The molecule has 4 unspecified atom stereocenters. The topological polar surface area (TPSA) is 29.5 Å². The van der Waals surface area contributed by atoms with Gasteiger partial charge in [0.05, 0.1) is 6.10 Å². The Morgan fingerprint density at radius 1 is 1.15 bits per heavy atom. The van der Waals surface area contributed by atoms with Crippen LogP contribution in [0.5, 0.6) is 5.75 Å². The van der Waals surface area contributed by atoms with Crippen LogP contribution in [0.1, 0.15) is 37.4 Å². The fourth-order valence-corrected chi connectivity index (χ4v) is 3.85. The van der Waals surface area contributed by atoms with Crippen molar-refractivity contribution in [2.45, 2.75) is 38.1 Å².